The molecule has 1 unspecified atom stereocenters. The molecule has 82 valence electrons. The molecule has 0 aliphatic carbocycles. The Balaban J connectivity index is 3.22. The summed E-state index contributed by atoms with van der Waals surface area (Å²) >= 11 is 0. The molecule has 0 fully saturated rings. The molecule has 0 spiro atoms. The van der Waals surface area contributed by atoms with E-state index in [0.29, 0.717) is 5.75 Å². The number of hydrogen-bond donors (Lipinski definition) is 2. The van der Waals surface area contributed by atoms with Crippen LogP contribution in [-0.2, 0) is 11.5 Å². The van der Waals surface area contributed by atoms with Crippen molar-refractivity contribution < 1.29 is 19.0 Å². The van der Waals surface area contributed by atoms with E-state index in [1.54, 1.807) is 12.1 Å². The summed E-state index contributed by atoms with van der Waals surface area (Å²) < 4.78 is 17.6. The number of benzene rings is 1. The number of carbonyl (C=O) groups is 1. The van der Waals surface area contributed by atoms with Crippen molar-refractivity contribution in [2.45, 2.75) is 12.7 Å². The third-order valence-corrected chi connectivity index (χ3v) is 2.12. The van der Waals surface area contributed by atoms with E-state index in [-0.39, 0.29) is 11.1 Å². The SMILES string of the molecule is COc1cccc(C(N)C(=O)O)c1CF. The van der Waals surface area contributed by atoms with E-state index in [1.165, 1.54) is 13.2 Å². The predicted molar refractivity (Wildman–Crippen MR) is 52.4 cm³/mol. The van der Waals surface area contributed by atoms with Crippen LogP contribution in [0.4, 0.5) is 4.39 Å². The summed E-state index contributed by atoms with van der Waals surface area (Å²) in [5.41, 5.74) is 5.85. The highest BCUT2D eigenvalue weighted by Gasteiger charge is 2.20. The minimum Gasteiger partial charge on any atom is -0.496 e. The van der Waals surface area contributed by atoms with Crippen LogP contribution in [0, 0.1) is 0 Å². The van der Waals surface area contributed by atoms with Gasteiger partial charge in [0.15, 0.2) is 0 Å². The number of alkyl halides is 1. The lowest BCUT2D eigenvalue weighted by Crippen LogP contribution is -2.22. The van der Waals surface area contributed by atoms with Gasteiger partial charge in [-0.15, -0.1) is 0 Å². The van der Waals surface area contributed by atoms with Crippen LogP contribution in [0.1, 0.15) is 17.2 Å². The smallest absolute Gasteiger partial charge is 0.325 e. The van der Waals surface area contributed by atoms with Crippen molar-refractivity contribution in [2.75, 3.05) is 7.11 Å². The first-order valence-corrected chi connectivity index (χ1v) is 4.32. The maximum Gasteiger partial charge on any atom is 0.325 e. The topological polar surface area (TPSA) is 72.5 Å². The summed E-state index contributed by atoms with van der Waals surface area (Å²) in [6, 6.07) is 3.39. The van der Waals surface area contributed by atoms with Crippen LogP contribution in [0.15, 0.2) is 18.2 Å². The number of ether oxygens (including phenoxy) is 1. The third kappa shape index (κ3) is 2.24. The number of carboxylic acid groups (broad SMARTS) is 1. The fourth-order valence-corrected chi connectivity index (χ4v) is 1.34. The van der Waals surface area contributed by atoms with E-state index in [2.05, 4.69) is 0 Å². The van der Waals surface area contributed by atoms with Gasteiger partial charge >= 0.3 is 5.97 Å². The Kier molecular flexibility index (Phi) is 3.62. The quantitative estimate of drug-likeness (QED) is 0.789. The molecule has 0 amide bonds. The van der Waals surface area contributed by atoms with Crippen LogP contribution in [0.5, 0.6) is 5.75 Å². The van der Waals surface area contributed by atoms with Crippen molar-refractivity contribution in [1.82, 2.24) is 0 Å². The minimum atomic E-state index is -1.23. The highest BCUT2D eigenvalue weighted by molar-refractivity contribution is 5.76. The maximum absolute atomic E-state index is 12.7. The average molecular weight is 213 g/mol. The number of hydrogen-bond acceptors (Lipinski definition) is 3. The molecule has 0 aromatic heterocycles. The van der Waals surface area contributed by atoms with Gasteiger partial charge in [0.25, 0.3) is 0 Å². The molecule has 0 aliphatic heterocycles. The molecule has 3 N–H and O–H groups in total. The zero-order chi connectivity index (χ0) is 11.4. The summed E-state index contributed by atoms with van der Waals surface area (Å²) in [6.45, 7) is -0.805. The van der Waals surface area contributed by atoms with Gasteiger partial charge in [0.2, 0.25) is 0 Å². The normalized spacial score (nSPS) is 12.2. The number of aliphatic carboxylic acids is 1. The fourth-order valence-electron chi connectivity index (χ4n) is 1.34. The van der Waals surface area contributed by atoms with Gasteiger partial charge in [-0.25, -0.2) is 4.39 Å². The number of methoxy groups -OCH3 is 1. The van der Waals surface area contributed by atoms with Gasteiger partial charge in [-0.3, -0.25) is 4.79 Å². The largest absolute Gasteiger partial charge is 0.496 e. The summed E-state index contributed by atoms with van der Waals surface area (Å²) in [7, 11) is 1.39. The Bertz CT molecular complexity index is 368. The van der Waals surface area contributed by atoms with E-state index >= 15 is 0 Å². The molecule has 0 bridgehead atoms. The van der Waals surface area contributed by atoms with Gasteiger partial charge in [0.1, 0.15) is 18.5 Å². The van der Waals surface area contributed by atoms with Crippen LogP contribution in [0.3, 0.4) is 0 Å². The lowest BCUT2D eigenvalue weighted by molar-refractivity contribution is -0.138. The molecule has 0 saturated carbocycles. The van der Waals surface area contributed by atoms with Crippen LogP contribution in [0.25, 0.3) is 0 Å². The number of rotatable bonds is 4. The number of nitrogens with two attached hydrogens (primary N) is 1. The van der Waals surface area contributed by atoms with Gasteiger partial charge < -0.3 is 15.6 Å². The van der Waals surface area contributed by atoms with E-state index in [4.69, 9.17) is 15.6 Å². The Labute approximate surface area is 86.5 Å². The Hall–Kier alpha value is -1.62. The molecule has 1 atom stereocenters. The third-order valence-electron chi connectivity index (χ3n) is 2.12. The van der Waals surface area contributed by atoms with Crippen LogP contribution in [-0.4, -0.2) is 18.2 Å². The standard InChI is InChI=1S/C10H12FNO3/c1-15-8-4-2-3-6(7(8)5-11)9(12)10(13)14/h2-4,9H,5,12H2,1H3,(H,13,14). The zero-order valence-corrected chi connectivity index (χ0v) is 8.24. The summed E-state index contributed by atoms with van der Waals surface area (Å²) in [6.07, 6.45) is 0. The number of halogens is 1. The minimum absolute atomic E-state index is 0.190. The van der Waals surface area contributed by atoms with Gasteiger partial charge in [-0.1, -0.05) is 12.1 Å². The van der Waals surface area contributed by atoms with Crippen molar-refractivity contribution in [3.8, 4) is 5.75 Å². The molecule has 0 aliphatic rings. The van der Waals surface area contributed by atoms with Gasteiger partial charge in [0.05, 0.1) is 7.11 Å². The lowest BCUT2D eigenvalue weighted by Gasteiger charge is -2.13. The Morgan fingerprint density at radius 2 is 2.33 bits per heavy atom. The van der Waals surface area contributed by atoms with Crippen molar-refractivity contribution in [2.24, 2.45) is 5.73 Å². The summed E-state index contributed by atoms with van der Waals surface area (Å²) in [5.74, 6) is -0.885. The maximum atomic E-state index is 12.7. The molecule has 0 radical (unpaired) electrons. The Morgan fingerprint density at radius 1 is 1.67 bits per heavy atom. The first-order chi connectivity index (χ1) is 7.11. The predicted octanol–water partition coefficient (Wildman–Crippen LogP) is 1.25. The van der Waals surface area contributed by atoms with Crippen LogP contribution < -0.4 is 10.5 Å². The first kappa shape index (κ1) is 11.5. The monoisotopic (exact) mass is 213 g/mol. The molecular formula is C10H12FNO3. The summed E-state index contributed by atoms with van der Waals surface area (Å²) in [5, 5.41) is 8.73. The van der Waals surface area contributed by atoms with Crippen molar-refractivity contribution in [3.63, 3.8) is 0 Å². The molecule has 1 aromatic carbocycles. The van der Waals surface area contributed by atoms with E-state index in [1.807, 2.05) is 0 Å². The summed E-state index contributed by atoms with van der Waals surface area (Å²) in [4.78, 5) is 10.7. The molecule has 4 nitrogen and oxygen atoms in total. The van der Waals surface area contributed by atoms with Crippen molar-refractivity contribution >= 4 is 5.97 Å². The molecule has 0 heterocycles. The van der Waals surface area contributed by atoms with Crippen LogP contribution in [0.2, 0.25) is 0 Å². The molecule has 1 aromatic rings. The molecular weight excluding hydrogens is 201 g/mol. The van der Waals surface area contributed by atoms with E-state index in [9.17, 15) is 9.18 Å². The van der Waals surface area contributed by atoms with Gasteiger partial charge in [-0.05, 0) is 11.6 Å². The van der Waals surface area contributed by atoms with Crippen molar-refractivity contribution in [3.05, 3.63) is 29.3 Å². The first-order valence-electron chi connectivity index (χ1n) is 4.32. The molecule has 0 saturated heterocycles. The lowest BCUT2D eigenvalue weighted by atomic mass is 10.0. The second-order valence-corrected chi connectivity index (χ2v) is 2.98. The van der Waals surface area contributed by atoms with E-state index in [0.717, 1.165) is 0 Å². The fraction of sp³-hybridized carbons (Fsp3) is 0.300. The molecule has 1 rings (SSSR count). The Morgan fingerprint density at radius 3 is 2.80 bits per heavy atom. The van der Waals surface area contributed by atoms with Crippen molar-refractivity contribution in [1.29, 1.82) is 0 Å². The average Bonchev–Trinajstić information content (AvgIpc) is 2.26. The second-order valence-electron chi connectivity index (χ2n) is 2.98. The van der Waals surface area contributed by atoms with Crippen LogP contribution >= 0.6 is 0 Å². The number of carboxylic acids is 1. The molecule has 5 heteroatoms. The van der Waals surface area contributed by atoms with Gasteiger partial charge in [0, 0.05) is 5.56 Å². The molecule has 15 heavy (non-hydrogen) atoms. The second kappa shape index (κ2) is 4.75. The highest BCUT2D eigenvalue weighted by atomic mass is 19.1. The highest BCUT2D eigenvalue weighted by Crippen LogP contribution is 2.26. The van der Waals surface area contributed by atoms with Gasteiger partial charge in [-0.2, -0.15) is 0 Å². The zero-order valence-electron chi connectivity index (χ0n) is 8.24. The van der Waals surface area contributed by atoms with E-state index < -0.39 is 18.7 Å².